The van der Waals surface area contributed by atoms with E-state index in [9.17, 15) is 17.6 Å². The number of ether oxygens (including phenoxy) is 1. The van der Waals surface area contributed by atoms with Crippen LogP contribution < -0.4 is 5.14 Å². The number of aryl methyl sites for hydroxylation is 1. The molecule has 0 radical (unpaired) electrons. The number of hydrogen-bond acceptors (Lipinski definition) is 7. The molecule has 1 heterocycles. The monoisotopic (exact) mass is 391 g/mol. The van der Waals surface area contributed by atoms with E-state index in [0.717, 1.165) is 6.07 Å². The second kappa shape index (κ2) is 7.25. The van der Waals surface area contributed by atoms with E-state index in [0.29, 0.717) is 11.1 Å². The maximum Gasteiger partial charge on any atom is 0.338 e. The lowest BCUT2D eigenvalue weighted by Crippen LogP contribution is -2.15. The number of benzene rings is 2. The summed E-state index contributed by atoms with van der Waals surface area (Å²) in [5.41, 5.74) is 0.965. The van der Waals surface area contributed by atoms with Gasteiger partial charge in [-0.1, -0.05) is 11.2 Å². The Morgan fingerprint density at radius 3 is 2.59 bits per heavy atom. The number of halogens is 1. The zero-order chi connectivity index (χ0) is 19.6. The van der Waals surface area contributed by atoms with Crippen molar-refractivity contribution in [3.05, 3.63) is 65.3 Å². The van der Waals surface area contributed by atoms with Gasteiger partial charge in [-0.25, -0.2) is 22.7 Å². The summed E-state index contributed by atoms with van der Waals surface area (Å²) in [6.45, 7) is 1.25. The van der Waals surface area contributed by atoms with E-state index < -0.39 is 21.8 Å². The lowest BCUT2D eigenvalue weighted by molar-refractivity contribution is 0.0429. The first kappa shape index (κ1) is 18.7. The minimum absolute atomic E-state index is 0.0166. The smallest absolute Gasteiger partial charge is 0.338 e. The zero-order valence-electron chi connectivity index (χ0n) is 14.0. The third-order valence-corrected chi connectivity index (χ3v) is 4.68. The largest absolute Gasteiger partial charge is 0.452 e. The molecular formula is C17H14FN3O5S. The summed E-state index contributed by atoms with van der Waals surface area (Å²) < 4.78 is 46.1. The number of nitrogens with zero attached hydrogens (tertiary/aromatic N) is 2. The van der Waals surface area contributed by atoms with E-state index in [-0.39, 0.29) is 28.8 Å². The molecule has 27 heavy (non-hydrogen) atoms. The molecule has 0 aliphatic rings. The summed E-state index contributed by atoms with van der Waals surface area (Å²) >= 11 is 0. The van der Waals surface area contributed by atoms with Crippen LogP contribution in [0.2, 0.25) is 0 Å². The molecule has 0 fully saturated rings. The number of primary sulfonamides is 1. The topological polar surface area (TPSA) is 125 Å². The van der Waals surface area contributed by atoms with E-state index in [4.69, 9.17) is 14.4 Å². The minimum Gasteiger partial charge on any atom is -0.452 e. The van der Waals surface area contributed by atoms with Gasteiger partial charge in [-0.15, -0.1) is 0 Å². The molecule has 3 aromatic rings. The van der Waals surface area contributed by atoms with Crippen molar-refractivity contribution in [3.8, 4) is 11.4 Å². The molecule has 0 unspecified atom stereocenters. The first-order valence-electron chi connectivity index (χ1n) is 7.63. The maximum absolute atomic E-state index is 12.9. The van der Waals surface area contributed by atoms with Gasteiger partial charge in [-0.3, -0.25) is 0 Å². The summed E-state index contributed by atoms with van der Waals surface area (Å²) in [5, 5.41) is 8.85. The van der Waals surface area contributed by atoms with E-state index in [1.165, 1.54) is 36.4 Å². The van der Waals surface area contributed by atoms with Gasteiger partial charge in [0.05, 0.1) is 10.5 Å². The van der Waals surface area contributed by atoms with Crippen LogP contribution >= 0.6 is 0 Å². The van der Waals surface area contributed by atoms with Crippen molar-refractivity contribution in [3.63, 3.8) is 0 Å². The molecule has 0 saturated carbocycles. The van der Waals surface area contributed by atoms with Crippen LogP contribution in [-0.4, -0.2) is 24.5 Å². The van der Waals surface area contributed by atoms with E-state index >= 15 is 0 Å². The predicted octanol–water partition coefficient (Wildman–Crippen LogP) is 2.19. The van der Waals surface area contributed by atoms with Gasteiger partial charge in [0.2, 0.25) is 15.8 Å². The Morgan fingerprint density at radius 2 is 1.93 bits per heavy atom. The molecule has 10 heteroatoms. The molecule has 2 aromatic carbocycles. The number of hydrogen-bond donors (Lipinski definition) is 1. The molecule has 8 nitrogen and oxygen atoms in total. The highest BCUT2D eigenvalue weighted by atomic mass is 32.2. The van der Waals surface area contributed by atoms with E-state index in [1.54, 1.807) is 6.92 Å². The lowest BCUT2D eigenvalue weighted by Gasteiger charge is -2.06. The van der Waals surface area contributed by atoms with Crippen molar-refractivity contribution < 1.29 is 26.9 Å². The summed E-state index contributed by atoms with van der Waals surface area (Å²) in [5.74, 6) is -0.927. The quantitative estimate of drug-likeness (QED) is 0.661. The van der Waals surface area contributed by atoms with Gasteiger partial charge >= 0.3 is 5.97 Å². The molecule has 0 bridgehead atoms. The fraction of sp³-hybridized carbons (Fsp3) is 0.118. The van der Waals surface area contributed by atoms with Gasteiger partial charge < -0.3 is 9.26 Å². The highest BCUT2D eigenvalue weighted by Crippen LogP contribution is 2.18. The van der Waals surface area contributed by atoms with Gasteiger partial charge in [0.25, 0.3) is 5.89 Å². The number of carbonyl (C=O) groups is 1. The number of esters is 1. The maximum atomic E-state index is 12.9. The van der Waals surface area contributed by atoms with E-state index in [2.05, 4.69) is 10.1 Å². The molecule has 1 aromatic heterocycles. The van der Waals surface area contributed by atoms with E-state index in [1.807, 2.05) is 0 Å². The van der Waals surface area contributed by atoms with Crippen molar-refractivity contribution in [2.45, 2.75) is 18.4 Å². The zero-order valence-corrected chi connectivity index (χ0v) is 14.9. The number of sulfonamides is 1. The Bertz CT molecular complexity index is 1090. The fourth-order valence-electron chi connectivity index (χ4n) is 2.27. The molecule has 0 amide bonds. The second-order valence-electron chi connectivity index (χ2n) is 5.62. The summed E-state index contributed by atoms with van der Waals surface area (Å²) in [7, 11) is -3.96. The Kier molecular flexibility index (Phi) is 5.02. The van der Waals surface area contributed by atoms with Crippen LogP contribution in [0, 0.1) is 12.7 Å². The van der Waals surface area contributed by atoms with Gasteiger partial charge in [0.1, 0.15) is 5.82 Å². The summed E-state index contributed by atoms with van der Waals surface area (Å²) in [4.78, 5) is 16.0. The molecule has 140 valence electrons. The van der Waals surface area contributed by atoms with Crippen LogP contribution in [0.3, 0.4) is 0 Å². The van der Waals surface area contributed by atoms with Gasteiger partial charge in [-0.05, 0) is 48.9 Å². The number of aromatic nitrogens is 2. The highest BCUT2D eigenvalue weighted by molar-refractivity contribution is 7.89. The number of nitrogens with two attached hydrogens (primary N) is 1. The van der Waals surface area contributed by atoms with Crippen molar-refractivity contribution in [1.29, 1.82) is 0 Å². The van der Waals surface area contributed by atoms with Gasteiger partial charge in [-0.2, -0.15) is 4.98 Å². The summed E-state index contributed by atoms with van der Waals surface area (Å²) in [6.07, 6.45) is 0. The molecule has 0 saturated heterocycles. The minimum atomic E-state index is -3.96. The predicted molar refractivity (Wildman–Crippen MR) is 91.4 cm³/mol. The van der Waals surface area contributed by atoms with Crippen LogP contribution in [-0.2, 0) is 21.4 Å². The average Bonchev–Trinajstić information content (AvgIpc) is 3.08. The van der Waals surface area contributed by atoms with Gasteiger partial charge in [0.15, 0.2) is 6.61 Å². The third kappa shape index (κ3) is 4.36. The highest BCUT2D eigenvalue weighted by Gasteiger charge is 2.17. The van der Waals surface area contributed by atoms with Crippen LogP contribution in [0.5, 0.6) is 0 Å². The summed E-state index contributed by atoms with van der Waals surface area (Å²) in [6, 6.07) is 9.50. The van der Waals surface area contributed by atoms with Crippen LogP contribution in [0.4, 0.5) is 4.39 Å². The third-order valence-electron chi connectivity index (χ3n) is 3.63. The molecule has 2 N–H and O–H groups in total. The van der Waals surface area contributed by atoms with Crippen molar-refractivity contribution in [2.24, 2.45) is 5.14 Å². The lowest BCUT2D eigenvalue weighted by atomic mass is 10.1. The SMILES string of the molecule is Cc1ccc(C(=O)OCc2nc(-c3ccc(F)cc3)no2)cc1S(N)(=O)=O. The number of carbonyl (C=O) groups excluding carboxylic acids is 1. The Labute approximate surface area is 153 Å². The first-order chi connectivity index (χ1) is 12.7. The Balaban J connectivity index is 1.71. The Hall–Kier alpha value is -3.11. The van der Waals surface area contributed by atoms with Crippen LogP contribution in [0.15, 0.2) is 51.9 Å². The average molecular weight is 391 g/mol. The number of rotatable bonds is 5. The second-order valence-corrected chi connectivity index (χ2v) is 7.15. The first-order valence-corrected chi connectivity index (χ1v) is 9.18. The normalized spacial score (nSPS) is 11.4. The van der Waals surface area contributed by atoms with Crippen molar-refractivity contribution >= 4 is 16.0 Å². The Morgan fingerprint density at radius 1 is 1.22 bits per heavy atom. The molecule has 3 rings (SSSR count). The van der Waals surface area contributed by atoms with Crippen LogP contribution in [0.1, 0.15) is 21.8 Å². The molecule has 0 aliphatic carbocycles. The molecule has 0 atom stereocenters. The van der Waals surface area contributed by atoms with Crippen molar-refractivity contribution in [2.75, 3.05) is 0 Å². The molecule has 0 spiro atoms. The van der Waals surface area contributed by atoms with Crippen LogP contribution in [0.25, 0.3) is 11.4 Å². The molecular weight excluding hydrogens is 377 g/mol. The standard InChI is InChI=1S/C17H14FN3O5S/c1-10-2-3-12(8-14(10)27(19,23)24)17(22)25-9-15-20-16(21-26-15)11-4-6-13(18)7-5-11/h2-8H,9H2,1H3,(H2,19,23,24). The fourth-order valence-corrected chi connectivity index (χ4v) is 3.08. The molecule has 0 aliphatic heterocycles. The van der Waals surface area contributed by atoms with Crippen molar-refractivity contribution in [1.82, 2.24) is 10.1 Å². The van der Waals surface area contributed by atoms with Gasteiger partial charge in [0, 0.05) is 5.56 Å².